The standard InChI is InChI=1S/C15H12Cl2N2O3S2/c1-2-19-12-6-4-10(8-13(12)23-15(19)20)18-24(21,22)14-7-9(16)3-5-11(14)17/h3-8,18H,2H2,1H3. The molecule has 0 atom stereocenters. The van der Waals surface area contributed by atoms with Crippen LogP contribution in [0.15, 0.2) is 46.1 Å². The number of rotatable bonds is 4. The van der Waals surface area contributed by atoms with Crippen LogP contribution < -0.4 is 9.60 Å². The molecule has 0 fully saturated rings. The highest BCUT2D eigenvalue weighted by Crippen LogP contribution is 2.28. The molecule has 24 heavy (non-hydrogen) atoms. The summed E-state index contributed by atoms with van der Waals surface area (Å²) in [6.07, 6.45) is 0. The second-order valence-corrected chi connectivity index (χ2v) is 8.46. The first-order valence-corrected chi connectivity index (χ1v) is 9.98. The first kappa shape index (κ1) is 17.3. The fraction of sp³-hybridized carbons (Fsp3) is 0.133. The van der Waals surface area contributed by atoms with Gasteiger partial charge in [-0.25, -0.2) is 8.42 Å². The highest BCUT2D eigenvalue weighted by atomic mass is 35.5. The van der Waals surface area contributed by atoms with Crippen molar-refractivity contribution in [2.24, 2.45) is 0 Å². The largest absolute Gasteiger partial charge is 0.308 e. The van der Waals surface area contributed by atoms with E-state index in [1.54, 1.807) is 22.8 Å². The van der Waals surface area contributed by atoms with Gasteiger partial charge in [0, 0.05) is 11.6 Å². The van der Waals surface area contributed by atoms with Gasteiger partial charge in [-0.1, -0.05) is 34.5 Å². The Hall–Kier alpha value is -1.54. The van der Waals surface area contributed by atoms with Crippen molar-refractivity contribution in [3.63, 3.8) is 0 Å². The highest BCUT2D eigenvalue weighted by molar-refractivity contribution is 7.92. The molecule has 5 nitrogen and oxygen atoms in total. The molecule has 0 aliphatic carbocycles. The lowest BCUT2D eigenvalue weighted by Gasteiger charge is -2.10. The van der Waals surface area contributed by atoms with E-state index in [0.717, 1.165) is 16.9 Å². The van der Waals surface area contributed by atoms with Gasteiger partial charge in [-0.05, 0) is 43.3 Å². The third-order valence-electron chi connectivity index (χ3n) is 3.42. The van der Waals surface area contributed by atoms with Crippen LogP contribution in [0.5, 0.6) is 0 Å². The lowest BCUT2D eigenvalue weighted by molar-refractivity contribution is 0.601. The fourth-order valence-corrected chi connectivity index (χ4v) is 5.13. The maximum absolute atomic E-state index is 12.5. The number of fused-ring (bicyclic) bond motifs is 1. The average molecular weight is 403 g/mol. The summed E-state index contributed by atoms with van der Waals surface area (Å²) in [5, 5.41) is 0.350. The number of hydrogen-bond acceptors (Lipinski definition) is 4. The summed E-state index contributed by atoms with van der Waals surface area (Å²) in [5.74, 6) is 0. The average Bonchev–Trinajstić information content (AvgIpc) is 2.83. The Bertz CT molecular complexity index is 1090. The first-order valence-electron chi connectivity index (χ1n) is 6.93. The lowest BCUT2D eigenvalue weighted by atomic mass is 10.3. The number of anilines is 1. The molecule has 0 saturated heterocycles. The van der Waals surface area contributed by atoms with Crippen molar-refractivity contribution < 1.29 is 8.42 Å². The molecule has 0 radical (unpaired) electrons. The van der Waals surface area contributed by atoms with E-state index in [1.807, 2.05) is 6.92 Å². The molecular formula is C15H12Cl2N2O3S2. The van der Waals surface area contributed by atoms with E-state index in [9.17, 15) is 13.2 Å². The number of nitrogens with one attached hydrogen (secondary N) is 1. The smallest absolute Gasteiger partial charge is 0.299 e. The minimum Gasteiger partial charge on any atom is -0.299 e. The first-order chi connectivity index (χ1) is 11.3. The Balaban J connectivity index is 2.02. The van der Waals surface area contributed by atoms with E-state index in [-0.39, 0.29) is 19.8 Å². The number of hydrogen-bond donors (Lipinski definition) is 1. The number of aromatic nitrogens is 1. The fourth-order valence-electron chi connectivity index (χ4n) is 2.32. The predicted octanol–water partition coefficient (Wildman–Crippen LogP) is 4.19. The van der Waals surface area contributed by atoms with Gasteiger partial charge in [0.15, 0.2) is 0 Å². The van der Waals surface area contributed by atoms with Crippen molar-refractivity contribution in [1.29, 1.82) is 0 Å². The zero-order chi connectivity index (χ0) is 17.5. The van der Waals surface area contributed by atoms with Gasteiger partial charge in [0.1, 0.15) is 4.90 Å². The minimum atomic E-state index is -3.89. The quantitative estimate of drug-likeness (QED) is 0.710. The molecule has 1 aromatic heterocycles. The number of halogens is 2. The van der Waals surface area contributed by atoms with Gasteiger partial charge in [-0.2, -0.15) is 0 Å². The summed E-state index contributed by atoms with van der Waals surface area (Å²) in [6, 6.07) is 9.18. The van der Waals surface area contributed by atoms with Crippen LogP contribution in [0, 0.1) is 0 Å². The summed E-state index contributed by atoms with van der Waals surface area (Å²) in [4.78, 5) is 11.7. The van der Waals surface area contributed by atoms with Gasteiger partial charge in [-0.3, -0.25) is 14.1 Å². The molecule has 1 heterocycles. The van der Waals surface area contributed by atoms with Crippen LogP contribution in [0.2, 0.25) is 10.0 Å². The van der Waals surface area contributed by atoms with Crippen molar-refractivity contribution in [3.05, 3.63) is 56.1 Å². The van der Waals surface area contributed by atoms with Crippen LogP contribution in [0.25, 0.3) is 10.2 Å². The van der Waals surface area contributed by atoms with E-state index in [2.05, 4.69) is 4.72 Å². The van der Waals surface area contributed by atoms with Crippen LogP contribution in [-0.4, -0.2) is 13.0 Å². The van der Waals surface area contributed by atoms with Crippen LogP contribution in [-0.2, 0) is 16.6 Å². The van der Waals surface area contributed by atoms with E-state index in [4.69, 9.17) is 23.2 Å². The third kappa shape index (κ3) is 3.17. The molecule has 0 spiro atoms. The number of nitrogens with zero attached hydrogens (tertiary/aromatic N) is 1. The summed E-state index contributed by atoms with van der Waals surface area (Å²) in [7, 11) is -3.89. The van der Waals surface area contributed by atoms with Crippen LogP contribution in [0.1, 0.15) is 6.92 Å². The SMILES string of the molecule is CCn1c(=O)sc2cc(NS(=O)(=O)c3cc(Cl)ccc3Cl)ccc21. The lowest BCUT2D eigenvalue weighted by Crippen LogP contribution is -2.13. The second-order valence-electron chi connectivity index (χ2n) is 4.97. The van der Waals surface area contributed by atoms with Gasteiger partial charge >= 0.3 is 4.87 Å². The Labute approximate surface area is 152 Å². The minimum absolute atomic E-state index is 0.0783. The summed E-state index contributed by atoms with van der Waals surface area (Å²) in [5.41, 5.74) is 1.12. The summed E-state index contributed by atoms with van der Waals surface area (Å²) < 4.78 is 29.8. The number of thiazole rings is 1. The number of benzene rings is 2. The molecule has 3 aromatic rings. The molecular weight excluding hydrogens is 391 g/mol. The molecule has 126 valence electrons. The van der Waals surface area contributed by atoms with Gasteiger partial charge in [0.2, 0.25) is 0 Å². The molecule has 0 aliphatic heterocycles. The second kappa shape index (κ2) is 6.40. The van der Waals surface area contributed by atoms with Crippen LogP contribution >= 0.6 is 34.5 Å². The molecule has 0 saturated carbocycles. The Kier molecular flexibility index (Phi) is 4.61. The number of sulfonamides is 1. The predicted molar refractivity (Wildman–Crippen MR) is 99.0 cm³/mol. The van der Waals surface area contributed by atoms with Crippen molar-refractivity contribution in [2.45, 2.75) is 18.4 Å². The topological polar surface area (TPSA) is 68.2 Å². The summed E-state index contributed by atoms with van der Waals surface area (Å²) >= 11 is 12.9. The van der Waals surface area contributed by atoms with E-state index in [0.29, 0.717) is 16.9 Å². The molecule has 0 amide bonds. The Morgan fingerprint density at radius 2 is 1.92 bits per heavy atom. The van der Waals surface area contributed by atoms with Gasteiger partial charge < -0.3 is 0 Å². The molecule has 3 rings (SSSR count). The maximum atomic E-state index is 12.5. The van der Waals surface area contributed by atoms with Crippen molar-refractivity contribution >= 4 is 60.5 Å². The van der Waals surface area contributed by atoms with Crippen LogP contribution in [0.3, 0.4) is 0 Å². The van der Waals surface area contributed by atoms with E-state index >= 15 is 0 Å². The van der Waals surface area contributed by atoms with Crippen molar-refractivity contribution in [1.82, 2.24) is 4.57 Å². The highest BCUT2D eigenvalue weighted by Gasteiger charge is 2.19. The third-order valence-corrected chi connectivity index (χ3v) is 6.46. The molecule has 0 bridgehead atoms. The normalized spacial score (nSPS) is 11.8. The van der Waals surface area contributed by atoms with Crippen LogP contribution in [0.4, 0.5) is 5.69 Å². The number of aryl methyl sites for hydroxylation is 1. The Morgan fingerprint density at radius 1 is 1.17 bits per heavy atom. The van der Waals surface area contributed by atoms with E-state index < -0.39 is 10.0 Å². The zero-order valence-electron chi connectivity index (χ0n) is 12.4. The Morgan fingerprint density at radius 3 is 2.62 bits per heavy atom. The van der Waals surface area contributed by atoms with Gasteiger partial charge in [0.05, 0.1) is 20.9 Å². The maximum Gasteiger partial charge on any atom is 0.308 e. The summed E-state index contributed by atoms with van der Waals surface area (Å²) in [6.45, 7) is 2.44. The zero-order valence-corrected chi connectivity index (χ0v) is 15.6. The van der Waals surface area contributed by atoms with E-state index in [1.165, 1.54) is 18.2 Å². The molecule has 0 aliphatic rings. The van der Waals surface area contributed by atoms with Gasteiger partial charge in [0.25, 0.3) is 10.0 Å². The monoisotopic (exact) mass is 402 g/mol. The molecule has 9 heteroatoms. The molecule has 1 N–H and O–H groups in total. The molecule has 2 aromatic carbocycles. The van der Waals surface area contributed by atoms with Crippen molar-refractivity contribution in [2.75, 3.05) is 4.72 Å². The molecule has 0 unspecified atom stereocenters. The van der Waals surface area contributed by atoms with Crippen molar-refractivity contribution in [3.8, 4) is 0 Å². The van der Waals surface area contributed by atoms with Gasteiger partial charge in [-0.15, -0.1) is 0 Å².